The molecule has 0 atom stereocenters. The highest BCUT2D eigenvalue weighted by Gasteiger charge is 2.21. The molecule has 18 aromatic rings. The van der Waals surface area contributed by atoms with Crippen LogP contribution in [-0.4, -0.2) is 73.4 Å². The average molecular weight is 1120 g/mol. The van der Waals surface area contributed by atoms with E-state index in [1.54, 1.807) is 0 Å². The van der Waals surface area contributed by atoms with Gasteiger partial charge in [0.25, 0.3) is 11.5 Å². The van der Waals surface area contributed by atoms with Crippen LogP contribution in [0.3, 0.4) is 0 Å². The summed E-state index contributed by atoms with van der Waals surface area (Å²) in [6, 6.07) is 43.7. The van der Waals surface area contributed by atoms with Crippen molar-refractivity contribution in [3.05, 3.63) is 236 Å². The summed E-state index contributed by atoms with van der Waals surface area (Å²) in [6.45, 7) is 12.3. The Morgan fingerprint density at radius 2 is 1.04 bits per heavy atom. The molecule has 3 aromatic carbocycles. The molecule has 422 valence electrons. The van der Waals surface area contributed by atoms with E-state index in [-0.39, 0.29) is 7.43 Å². The van der Waals surface area contributed by atoms with Gasteiger partial charge in [0, 0.05) is 70.6 Å². The Morgan fingerprint density at radius 3 is 1.76 bits per heavy atom. The Labute approximate surface area is 484 Å². The Kier molecular flexibility index (Phi) is 13.7. The number of hydrogen-bond acceptors (Lipinski definition) is 4. The summed E-state index contributed by atoms with van der Waals surface area (Å²) >= 11 is 0. The molecule has 0 aliphatic heterocycles. The third-order valence-electron chi connectivity index (χ3n) is 15.9. The fraction of sp³-hybridized carbons (Fsp3) is 0.182. The Balaban J connectivity index is 0.0000000990. The van der Waals surface area contributed by atoms with Gasteiger partial charge in [0.05, 0.1) is 77.5 Å². The quantitative estimate of drug-likeness (QED) is 0.141. The number of imidazole rings is 12. The number of fused-ring (bicyclic) bond motifs is 18. The van der Waals surface area contributed by atoms with Crippen LogP contribution in [0.4, 0.5) is 0 Å². The van der Waals surface area contributed by atoms with Crippen molar-refractivity contribution in [2.24, 2.45) is 35.2 Å². The zero-order chi connectivity index (χ0) is 57.4. The van der Waals surface area contributed by atoms with Crippen molar-refractivity contribution in [1.82, 2.24) is 73.4 Å². The van der Waals surface area contributed by atoms with Gasteiger partial charge in [-0.15, -0.1) is 0 Å². The molecule has 0 aliphatic carbocycles. The molecule has 0 radical (unpaired) electrons. The topological polar surface area (TPSA) is 115 Å². The number of aryl methyl sites for hydroxylation is 11. The zero-order valence-corrected chi connectivity index (χ0v) is 48.6. The van der Waals surface area contributed by atoms with E-state index < -0.39 is 0 Å². The predicted molar refractivity (Wildman–Crippen MR) is 335 cm³/mol. The summed E-state index contributed by atoms with van der Waals surface area (Å²) in [5.41, 5.74) is 20.3. The van der Waals surface area contributed by atoms with Crippen molar-refractivity contribution in [2.45, 2.75) is 49.0 Å². The minimum atomic E-state index is 0. The van der Waals surface area contributed by atoms with Crippen molar-refractivity contribution in [3.8, 4) is 0 Å². The fourth-order valence-corrected chi connectivity index (χ4v) is 11.6. The Bertz CT molecular complexity index is 5360. The number of nitrogens with zero attached hydrogens (tertiary/aromatic N) is 18. The zero-order valence-electron chi connectivity index (χ0n) is 48.6. The third kappa shape index (κ3) is 9.08. The van der Waals surface area contributed by atoms with Gasteiger partial charge in [0.1, 0.15) is 40.2 Å². The van der Waals surface area contributed by atoms with Gasteiger partial charge in [-0.3, -0.25) is 35.5 Å². The number of para-hydroxylation sites is 6. The smallest absolute Gasteiger partial charge is 0.268 e. The van der Waals surface area contributed by atoms with E-state index in [0.717, 1.165) is 45.8 Å². The van der Waals surface area contributed by atoms with E-state index in [9.17, 15) is 0 Å². The second kappa shape index (κ2) is 21.4. The van der Waals surface area contributed by atoms with Crippen molar-refractivity contribution in [3.63, 3.8) is 0 Å². The summed E-state index contributed by atoms with van der Waals surface area (Å²) in [7, 11) is 10.4. The maximum atomic E-state index is 4.48. The molecule has 0 fully saturated rings. The number of rotatable bonds is 0. The Morgan fingerprint density at radius 1 is 0.464 bits per heavy atom. The van der Waals surface area contributed by atoms with Crippen LogP contribution in [0.15, 0.2) is 202 Å². The molecule has 0 saturated carbocycles. The molecule has 0 aliphatic rings. The summed E-state index contributed by atoms with van der Waals surface area (Å²) in [4.78, 5) is 17.4. The van der Waals surface area contributed by atoms with Gasteiger partial charge in [-0.2, -0.15) is 8.80 Å². The Hall–Kier alpha value is -10.6. The summed E-state index contributed by atoms with van der Waals surface area (Å²) < 4.78 is 30.1. The van der Waals surface area contributed by atoms with E-state index in [1.807, 2.05) is 111 Å². The van der Waals surface area contributed by atoms with Gasteiger partial charge >= 0.3 is 0 Å². The van der Waals surface area contributed by atoms with Crippen LogP contribution in [0.5, 0.6) is 0 Å². The van der Waals surface area contributed by atoms with Crippen LogP contribution in [0.1, 0.15) is 41.9 Å². The minimum absolute atomic E-state index is 0. The van der Waals surface area contributed by atoms with E-state index in [2.05, 4.69) is 250 Å². The standard InChI is InChI=1S/2C12H14N3.C11H11N3.3C10H9N3.CH4/c1-9-12-14(3)10-6-4-5-7-11(10)15(12)8-13(9)2;1-9-13(2)8-12-14(3)10-6-4-5-7-11(10)15(9)12;1-8-7-14-10-6-4-3-5-9(10)13(2)11(14)12-8;1-8-11-6-10-12-5-3-2-4-9(12)7-13(8)10;1-8-10-12(7-11-8)6-9-4-2-3-5-13(9)10;1-8-6-12-7-9-4-2-3-5-13(9)10(12)11-8;/h2*4-8H,1-3H3;3-7H,1-2H3;3*2-7H,1H3;1H4/q2*+1;;;;;. The van der Waals surface area contributed by atoms with Crippen LogP contribution in [0, 0.1) is 41.5 Å². The normalized spacial score (nSPS) is 11.4. The summed E-state index contributed by atoms with van der Waals surface area (Å²) in [5.74, 6) is 4.26. The highest BCUT2D eigenvalue weighted by atomic mass is 15.2. The molecular weight excluding hydrogens is 1040 g/mol. The van der Waals surface area contributed by atoms with Crippen molar-refractivity contribution < 1.29 is 8.97 Å². The van der Waals surface area contributed by atoms with Crippen molar-refractivity contribution in [2.75, 3.05) is 0 Å². The van der Waals surface area contributed by atoms with E-state index in [4.69, 9.17) is 0 Å². The average Bonchev–Trinajstić information content (AvgIpc) is 2.36. The maximum absolute atomic E-state index is 4.48. The van der Waals surface area contributed by atoms with Gasteiger partial charge in [0.2, 0.25) is 17.2 Å². The first kappa shape index (κ1) is 54.0. The molecular formula is C66H70N18+2. The van der Waals surface area contributed by atoms with E-state index in [0.29, 0.717) is 0 Å². The summed E-state index contributed by atoms with van der Waals surface area (Å²) in [6.07, 6.45) is 24.5. The van der Waals surface area contributed by atoms with Gasteiger partial charge in [0.15, 0.2) is 18.0 Å². The lowest BCUT2D eigenvalue weighted by molar-refractivity contribution is -0.676. The fourth-order valence-electron chi connectivity index (χ4n) is 11.6. The second-order valence-electron chi connectivity index (χ2n) is 21.2. The maximum Gasteiger partial charge on any atom is 0.268 e. The monoisotopic (exact) mass is 1110 g/mol. The highest BCUT2D eigenvalue weighted by molar-refractivity contribution is 5.82. The van der Waals surface area contributed by atoms with Gasteiger partial charge in [-0.25, -0.2) is 24.5 Å². The van der Waals surface area contributed by atoms with Crippen LogP contribution < -0.4 is 8.97 Å². The molecule has 0 unspecified atom stereocenters. The van der Waals surface area contributed by atoms with Crippen LogP contribution in [0.2, 0.25) is 0 Å². The predicted octanol–water partition coefficient (Wildman–Crippen LogP) is 11.6. The molecule has 0 spiro atoms. The lowest BCUT2D eigenvalue weighted by Gasteiger charge is -1.92. The SMILES string of the molecule is C.Cc1c2n(C)c3ccccc3[n+]2cn1C.Cc1cn2c3ccccc3n(C)c2n1.Cc1cn2cc3ccccn3c2n1.Cc1n2c3ccccc3n(C)c2c[n+]1C.Cc1ncc2n1cc1ccccn12.Cc1ncn2cc3ccccn3c12. The first-order valence-electron chi connectivity index (χ1n) is 27.7. The number of aromatic nitrogens is 18. The molecule has 18 nitrogen and oxygen atoms in total. The van der Waals surface area contributed by atoms with Gasteiger partial charge < -0.3 is 13.5 Å². The first-order valence-corrected chi connectivity index (χ1v) is 27.7. The third-order valence-corrected chi connectivity index (χ3v) is 15.9. The molecule has 84 heavy (non-hydrogen) atoms. The lowest BCUT2D eigenvalue weighted by atomic mass is 10.3. The molecule has 0 N–H and O–H groups in total. The number of benzene rings is 3. The largest absolute Gasteiger partial charge is 0.313 e. The van der Waals surface area contributed by atoms with Crippen LogP contribution >= 0.6 is 0 Å². The van der Waals surface area contributed by atoms with E-state index in [1.165, 1.54) is 72.5 Å². The molecule has 0 saturated heterocycles. The molecule has 0 bridgehead atoms. The van der Waals surface area contributed by atoms with Gasteiger partial charge in [-0.05, 0) is 107 Å². The number of hydrogen-bond donors (Lipinski definition) is 0. The molecule has 0 amide bonds. The lowest BCUT2D eigenvalue weighted by Crippen LogP contribution is -2.28. The molecule has 18 heteroatoms. The number of pyridine rings is 3. The van der Waals surface area contributed by atoms with Gasteiger partial charge in [-0.1, -0.05) is 62.0 Å². The molecule has 15 aromatic heterocycles. The second-order valence-corrected chi connectivity index (χ2v) is 21.2. The summed E-state index contributed by atoms with van der Waals surface area (Å²) in [5, 5.41) is 0. The van der Waals surface area contributed by atoms with Crippen molar-refractivity contribution in [1.29, 1.82) is 0 Å². The van der Waals surface area contributed by atoms with Crippen LogP contribution in [-0.2, 0) is 35.2 Å². The van der Waals surface area contributed by atoms with Crippen LogP contribution in [0.25, 0.3) is 83.8 Å². The first-order chi connectivity index (χ1) is 40.2. The van der Waals surface area contributed by atoms with E-state index >= 15 is 0 Å². The van der Waals surface area contributed by atoms with Crippen molar-refractivity contribution >= 4 is 83.8 Å². The molecule has 18 rings (SSSR count). The highest BCUT2D eigenvalue weighted by Crippen LogP contribution is 2.22. The molecule has 15 heterocycles. The minimum Gasteiger partial charge on any atom is -0.313 e.